The van der Waals surface area contributed by atoms with Crippen molar-refractivity contribution in [3.05, 3.63) is 47.1 Å². The maximum Gasteiger partial charge on any atom is 0.243 e. The van der Waals surface area contributed by atoms with E-state index in [0.29, 0.717) is 17.3 Å². The lowest BCUT2D eigenvalue weighted by molar-refractivity contribution is 0.330. The molecule has 0 bridgehead atoms. The number of nitrogens with one attached hydrogen (secondary N) is 1. The summed E-state index contributed by atoms with van der Waals surface area (Å²) in [5, 5.41) is 7.02. The average molecular weight is 295 g/mol. The minimum Gasteiger partial charge on any atom is -0.338 e. The topological polar surface area (TPSA) is 51.0 Å². The van der Waals surface area contributed by atoms with E-state index in [-0.39, 0.29) is 18.0 Å². The smallest absolute Gasteiger partial charge is 0.243 e. The summed E-state index contributed by atoms with van der Waals surface area (Å²) in [5.41, 5.74) is 0.198. The van der Waals surface area contributed by atoms with Crippen molar-refractivity contribution in [1.82, 2.24) is 15.5 Å². The van der Waals surface area contributed by atoms with Crippen molar-refractivity contribution in [2.45, 2.75) is 45.7 Å². The van der Waals surface area contributed by atoms with Crippen LogP contribution < -0.4 is 5.32 Å². The van der Waals surface area contributed by atoms with E-state index in [0.717, 1.165) is 6.07 Å². The van der Waals surface area contributed by atoms with E-state index in [1.54, 1.807) is 0 Å². The molecule has 1 atom stereocenters. The Hall–Kier alpha value is -1.82. The number of nitrogens with zero attached hydrogens (tertiary/aromatic N) is 2. The van der Waals surface area contributed by atoms with Crippen LogP contribution in [0.25, 0.3) is 0 Å². The van der Waals surface area contributed by atoms with Crippen LogP contribution in [-0.2, 0) is 12.0 Å². The van der Waals surface area contributed by atoms with Gasteiger partial charge < -0.3 is 9.84 Å². The molecule has 1 aromatic carbocycles. The Morgan fingerprint density at radius 1 is 1.29 bits per heavy atom. The Morgan fingerprint density at radius 2 is 2.00 bits per heavy atom. The number of hydrogen-bond acceptors (Lipinski definition) is 4. The maximum atomic E-state index is 13.5. The quantitative estimate of drug-likeness (QED) is 0.938. The van der Waals surface area contributed by atoms with Crippen molar-refractivity contribution < 1.29 is 13.3 Å². The van der Waals surface area contributed by atoms with Gasteiger partial charge in [-0.15, -0.1) is 0 Å². The zero-order valence-corrected chi connectivity index (χ0v) is 12.6. The first-order chi connectivity index (χ1) is 9.77. The van der Waals surface area contributed by atoms with Gasteiger partial charge in [0.25, 0.3) is 0 Å². The number of rotatable bonds is 4. The van der Waals surface area contributed by atoms with Crippen molar-refractivity contribution in [2.75, 3.05) is 0 Å². The molecule has 0 aliphatic rings. The molecule has 6 heteroatoms. The molecule has 0 aliphatic carbocycles. The first kappa shape index (κ1) is 15.6. The fraction of sp³-hybridized carbons (Fsp3) is 0.467. The van der Waals surface area contributed by atoms with Crippen LogP contribution in [0.3, 0.4) is 0 Å². The Bertz CT molecular complexity index is 620. The van der Waals surface area contributed by atoms with Gasteiger partial charge in [-0.05, 0) is 13.0 Å². The molecular weight excluding hydrogens is 276 g/mol. The first-order valence-electron chi connectivity index (χ1n) is 6.79. The van der Waals surface area contributed by atoms with Crippen LogP contribution in [0, 0.1) is 11.6 Å². The van der Waals surface area contributed by atoms with Crippen LogP contribution in [0.5, 0.6) is 0 Å². The van der Waals surface area contributed by atoms with E-state index in [1.807, 2.05) is 27.7 Å². The zero-order valence-electron chi connectivity index (χ0n) is 12.6. The standard InChI is InChI=1S/C15H19F2N3O/c1-9(13-19-14(20-21-13)15(2,3)4)18-8-10-5-6-11(16)7-12(10)17/h5-7,9,18H,8H2,1-4H3. The second-order valence-corrected chi connectivity index (χ2v) is 6.04. The SMILES string of the molecule is CC(NCc1ccc(F)cc1F)c1nc(C(C)(C)C)no1. The summed E-state index contributed by atoms with van der Waals surface area (Å²) in [6, 6.07) is 3.29. The summed E-state index contributed by atoms with van der Waals surface area (Å²) in [6.07, 6.45) is 0. The largest absolute Gasteiger partial charge is 0.338 e. The van der Waals surface area contributed by atoms with Crippen LogP contribution in [0.2, 0.25) is 0 Å². The molecule has 0 radical (unpaired) electrons. The van der Waals surface area contributed by atoms with Crippen LogP contribution in [0.15, 0.2) is 22.7 Å². The summed E-state index contributed by atoms with van der Waals surface area (Å²) >= 11 is 0. The van der Waals surface area contributed by atoms with Gasteiger partial charge in [-0.3, -0.25) is 0 Å². The molecule has 0 fully saturated rings. The van der Waals surface area contributed by atoms with Crippen LogP contribution in [-0.4, -0.2) is 10.1 Å². The molecule has 2 aromatic rings. The van der Waals surface area contributed by atoms with Crippen molar-refractivity contribution in [3.8, 4) is 0 Å². The molecule has 21 heavy (non-hydrogen) atoms. The number of benzene rings is 1. The first-order valence-corrected chi connectivity index (χ1v) is 6.79. The molecule has 1 aromatic heterocycles. The van der Waals surface area contributed by atoms with Gasteiger partial charge in [-0.1, -0.05) is 32.0 Å². The van der Waals surface area contributed by atoms with Gasteiger partial charge in [-0.2, -0.15) is 4.98 Å². The van der Waals surface area contributed by atoms with Crippen molar-refractivity contribution >= 4 is 0 Å². The third-order valence-electron chi connectivity index (χ3n) is 3.10. The fourth-order valence-electron chi connectivity index (χ4n) is 1.73. The van der Waals surface area contributed by atoms with Gasteiger partial charge >= 0.3 is 0 Å². The molecule has 1 heterocycles. The summed E-state index contributed by atoms with van der Waals surface area (Å²) in [4.78, 5) is 4.34. The Balaban J connectivity index is 2.01. The zero-order chi connectivity index (χ0) is 15.6. The molecular formula is C15H19F2N3O. The van der Waals surface area contributed by atoms with Crippen LogP contribution >= 0.6 is 0 Å². The van der Waals surface area contributed by atoms with E-state index in [1.165, 1.54) is 12.1 Å². The molecule has 0 aliphatic heterocycles. The maximum absolute atomic E-state index is 13.5. The third kappa shape index (κ3) is 3.85. The minimum absolute atomic E-state index is 0.190. The van der Waals surface area contributed by atoms with Gasteiger partial charge in [0.15, 0.2) is 5.82 Å². The number of hydrogen-bond donors (Lipinski definition) is 1. The summed E-state index contributed by atoms with van der Waals surface area (Å²) in [5.74, 6) is -0.0896. The van der Waals surface area contributed by atoms with Crippen molar-refractivity contribution in [1.29, 1.82) is 0 Å². The number of halogens is 2. The van der Waals surface area contributed by atoms with E-state index >= 15 is 0 Å². The van der Waals surface area contributed by atoms with Gasteiger partial charge in [0.2, 0.25) is 5.89 Å². The van der Waals surface area contributed by atoms with Crippen LogP contribution in [0.1, 0.15) is 51.0 Å². The van der Waals surface area contributed by atoms with E-state index in [2.05, 4.69) is 15.5 Å². The Kier molecular flexibility index (Phi) is 4.37. The predicted molar refractivity (Wildman–Crippen MR) is 74.6 cm³/mol. The van der Waals surface area contributed by atoms with Crippen molar-refractivity contribution in [3.63, 3.8) is 0 Å². The molecule has 0 amide bonds. The monoisotopic (exact) mass is 295 g/mol. The second-order valence-electron chi connectivity index (χ2n) is 6.04. The normalized spacial score (nSPS) is 13.4. The molecule has 1 unspecified atom stereocenters. The molecule has 4 nitrogen and oxygen atoms in total. The summed E-state index contributed by atoms with van der Waals surface area (Å²) in [7, 11) is 0. The molecule has 0 spiro atoms. The highest BCUT2D eigenvalue weighted by Gasteiger charge is 2.23. The predicted octanol–water partition coefficient (Wildman–Crippen LogP) is 3.50. The molecule has 2 rings (SSSR count). The van der Waals surface area contributed by atoms with Crippen molar-refractivity contribution in [2.24, 2.45) is 0 Å². The highest BCUT2D eigenvalue weighted by Crippen LogP contribution is 2.21. The lowest BCUT2D eigenvalue weighted by atomic mass is 9.96. The third-order valence-corrected chi connectivity index (χ3v) is 3.10. The second kappa shape index (κ2) is 5.89. The highest BCUT2D eigenvalue weighted by molar-refractivity contribution is 5.18. The molecule has 0 saturated carbocycles. The molecule has 114 valence electrons. The Morgan fingerprint density at radius 3 is 2.57 bits per heavy atom. The summed E-state index contributed by atoms with van der Waals surface area (Å²) < 4.78 is 31.6. The Labute approximate surface area is 122 Å². The molecule has 0 saturated heterocycles. The van der Waals surface area contributed by atoms with Gasteiger partial charge in [0.05, 0.1) is 6.04 Å². The van der Waals surface area contributed by atoms with Gasteiger partial charge in [-0.25, -0.2) is 8.78 Å². The average Bonchev–Trinajstić information content (AvgIpc) is 2.87. The van der Waals surface area contributed by atoms with Crippen LogP contribution in [0.4, 0.5) is 8.78 Å². The number of aromatic nitrogens is 2. The van der Waals surface area contributed by atoms with Gasteiger partial charge in [0.1, 0.15) is 11.6 Å². The highest BCUT2D eigenvalue weighted by atomic mass is 19.1. The fourth-order valence-corrected chi connectivity index (χ4v) is 1.73. The summed E-state index contributed by atoms with van der Waals surface area (Å²) in [6.45, 7) is 8.08. The van der Waals surface area contributed by atoms with Gasteiger partial charge in [0, 0.05) is 23.6 Å². The lowest BCUT2D eigenvalue weighted by Gasteiger charge is -2.12. The van der Waals surface area contributed by atoms with E-state index in [9.17, 15) is 8.78 Å². The van der Waals surface area contributed by atoms with E-state index < -0.39 is 11.6 Å². The van der Waals surface area contributed by atoms with E-state index in [4.69, 9.17) is 4.52 Å². The lowest BCUT2D eigenvalue weighted by Crippen LogP contribution is -2.20. The minimum atomic E-state index is -0.587. The molecule has 1 N–H and O–H groups in total.